The molecular weight excluding hydrogens is 198 g/mol. The Balaban J connectivity index is 2.80. The third kappa shape index (κ3) is 2.98. The van der Waals surface area contributed by atoms with Gasteiger partial charge in [-0.3, -0.25) is 9.59 Å². The maximum Gasteiger partial charge on any atom is 0.316 e. The Morgan fingerprint density at radius 3 is 2.33 bits per heavy atom. The second kappa shape index (κ2) is 4.99. The molecule has 1 rings (SSSR count). The van der Waals surface area contributed by atoms with Crippen molar-refractivity contribution in [1.82, 2.24) is 0 Å². The van der Waals surface area contributed by atoms with Crippen LogP contribution in [-0.4, -0.2) is 17.0 Å². The molecule has 1 aromatic carbocycles. The summed E-state index contributed by atoms with van der Waals surface area (Å²) in [5, 5.41) is 10.9. The molecule has 0 fully saturated rings. The number of carboxylic acid groups (broad SMARTS) is 1. The van der Waals surface area contributed by atoms with E-state index in [9.17, 15) is 14.5 Å². The summed E-state index contributed by atoms with van der Waals surface area (Å²) in [6.07, 6.45) is -0.0131. The quantitative estimate of drug-likeness (QED) is 0.594. The fourth-order valence-electron chi connectivity index (χ4n) is 1.19. The monoisotopic (exact) mass is 207 g/mol. The van der Waals surface area contributed by atoms with Crippen molar-refractivity contribution < 1.29 is 14.7 Å². The molecule has 1 amide bonds. The smallest absolute Gasteiger partial charge is 0.316 e. The van der Waals surface area contributed by atoms with E-state index < -0.39 is 17.8 Å². The zero-order chi connectivity index (χ0) is 11.3. The van der Waals surface area contributed by atoms with E-state index in [1.165, 1.54) is 0 Å². The van der Waals surface area contributed by atoms with Crippen molar-refractivity contribution in [3.05, 3.63) is 40.8 Å². The molecule has 0 aliphatic carbocycles. The second-order valence-corrected chi connectivity index (χ2v) is 3.01. The van der Waals surface area contributed by atoms with Crippen LogP contribution in [0.2, 0.25) is 0 Å². The standard InChI is InChI=1S/C10H9NO4/c12-9(11-15)8(10(13)14)6-7-4-2-1-3-5-7/h1-5,8H,6H2,(H,13,14). The Hall–Kier alpha value is -2.04. The van der Waals surface area contributed by atoms with Crippen LogP contribution in [0.5, 0.6) is 0 Å². The summed E-state index contributed by atoms with van der Waals surface area (Å²) < 4.78 is 0. The highest BCUT2D eigenvalue weighted by atomic mass is 16.4. The molecule has 0 heterocycles. The highest BCUT2D eigenvalue weighted by Gasteiger charge is 2.27. The van der Waals surface area contributed by atoms with Crippen molar-refractivity contribution in [2.45, 2.75) is 6.42 Å². The zero-order valence-electron chi connectivity index (χ0n) is 7.79. The first-order valence-corrected chi connectivity index (χ1v) is 4.29. The first-order valence-electron chi connectivity index (χ1n) is 4.29. The van der Waals surface area contributed by atoms with Gasteiger partial charge in [0.2, 0.25) is 0 Å². The fraction of sp³-hybridized carbons (Fsp3) is 0.200. The van der Waals surface area contributed by atoms with E-state index >= 15 is 0 Å². The molecule has 5 nitrogen and oxygen atoms in total. The van der Waals surface area contributed by atoms with Crippen LogP contribution >= 0.6 is 0 Å². The van der Waals surface area contributed by atoms with Crippen LogP contribution in [0.25, 0.3) is 0 Å². The molecule has 0 aliphatic rings. The fourth-order valence-corrected chi connectivity index (χ4v) is 1.19. The summed E-state index contributed by atoms with van der Waals surface area (Å²) in [4.78, 5) is 31.6. The molecule has 0 saturated heterocycles. The average molecular weight is 207 g/mol. The van der Waals surface area contributed by atoms with Gasteiger partial charge in [-0.2, -0.15) is 0 Å². The van der Waals surface area contributed by atoms with Gasteiger partial charge >= 0.3 is 11.9 Å². The normalized spacial score (nSPS) is 11.7. The Morgan fingerprint density at radius 2 is 1.87 bits per heavy atom. The lowest BCUT2D eigenvalue weighted by Gasteiger charge is -2.06. The first-order chi connectivity index (χ1) is 7.15. The van der Waals surface area contributed by atoms with Gasteiger partial charge in [-0.25, -0.2) is 0 Å². The molecule has 1 atom stereocenters. The molecule has 1 unspecified atom stereocenters. The Labute approximate surface area is 85.7 Å². The minimum atomic E-state index is -1.38. The third-order valence-electron chi connectivity index (χ3n) is 1.97. The van der Waals surface area contributed by atoms with Gasteiger partial charge in [-0.15, -0.1) is 4.91 Å². The number of nitroso groups, excluding NO2 is 1. The van der Waals surface area contributed by atoms with Crippen LogP contribution in [0.4, 0.5) is 0 Å². The van der Waals surface area contributed by atoms with Gasteiger partial charge < -0.3 is 5.11 Å². The number of amides is 1. The van der Waals surface area contributed by atoms with Gasteiger partial charge in [0.05, 0.1) is 0 Å². The summed E-state index contributed by atoms with van der Waals surface area (Å²) in [6, 6.07) is 8.61. The summed E-state index contributed by atoms with van der Waals surface area (Å²) in [6.45, 7) is 0. The first kappa shape index (κ1) is 11.0. The Kier molecular flexibility index (Phi) is 3.68. The summed E-state index contributed by atoms with van der Waals surface area (Å²) in [5.41, 5.74) is 0.682. The van der Waals surface area contributed by atoms with Crippen molar-refractivity contribution in [1.29, 1.82) is 0 Å². The molecule has 0 bridgehead atoms. The predicted molar refractivity (Wildman–Crippen MR) is 52.1 cm³/mol. The summed E-state index contributed by atoms with van der Waals surface area (Å²) >= 11 is 0. The van der Waals surface area contributed by atoms with E-state index in [-0.39, 0.29) is 6.42 Å². The molecule has 1 aromatic rings. The van der Waals surface area contributed by atoms with Crippen molar-refractivity contribution in [2.24, 2.45) is 11.1 Å². The van der Waals surface area contributed by atoms with Gasteiger partial charge in [0.25, 0.3) is 0 Å². The van der Waals surface area contributed by atoms with E-state index in [1.807, 2.05) is 0 Å². The number of hydrogen-bond donors (Lipinski definition) is 1. The van der Waals surface area contributed by atoms with Gasteiger partial charge in [0, 0.05) is 5.18 Å². The number of carbonyl (C=O) groups excluding carboxylic acids is 1. The zero-order valence-corrected chi connectivity index (χ0v) is 7.79. The lowest BCUT2D eigenvalue weighted by molar-refractivity contribution is -0.145. The van der Waals surface area contributed by atoms with Crippen LogP contribution in [0, 0.1) is 10.8 Å². The Morgan fingerprint density at radius 1 is 1.27 bits per heavy atom. The van der Waals surface area contributed by atoms with Crippen LogP contribution in [0.1, 0.15) is 5.56 Å². The molecule has 78 valence electrons. The van der Waals surface area contributed by atoms with Crippen LogP contribution in [0.3, 0.4) is 0 Å². The van der Waals surface area contributed by atoms with E-state index in [4.69, 9.17) is 5.11 Å². The molecule has 0 aliphatic heterocycles. The highest BCUT2D eigenvalue weighted by Crippen LogP contribution is 2.10. The van der Waals surface area contributed by atoms with Crippen molar-refractivity contribution in [3.8, 4) is 0 Å². The predicted octanol–water partition coefficient (Wildman–Crippen LogP) is 1.22. The highest BCUT2D eigenvalue weighted by molar-refractivity contribution is 5.97. The summed E-state index contributed by atoms with van der Waals surface area (Å²) in [5.74, 6) is -3.86. The molecule has 1 N–H and O–H groups in total. The molecule has 0 aromatic heterocycles. The minimum Gasteiger partial charge on any atom is -0.481 e. The third-order valence-corrected chi connectivity index (χ3v) is 1.97. The number of carbonyl (C=O) groups is 2. The average Bonchev–Trinajstić information content (AvgIpc) is 2.26. The molecular formula is C10H9NO4. The number of nitrogens with zero attached hydrogens (tertiary/aromatic N) is 1. The Bertz CT molecular complexity index is 374. The van der Waals surface area contributed by atoms with Crippen molar-refractivity contribution in [2.75, 3.05) is 0 Å². The van der Waals surface area contributed by atoms with Crippen molar-refractivity contribution >= 4 is 11.9 Å². The largest absolute Gasteiger partial charge is 0.481 e. The molecule has 0 saturated carbocycles. The SMILES string of the molecule is O=NC(=O)C(Cc1ccccc1)C(=O)O. The van der Waals surface area contributed by atoms with E-state index in [0.29, 0.717) is 5.56 Å². The van der Waals surface area contributed by atoms with Crippen LogP contribution < -0.4 is 0 Å². The maximum absolute atomic E-state index is 10.9. The molecule has 15 heavy (non-hydrogen) atoms. The van der Waals surface area contributed by atoms with Gasteiger partial charge in [0.15, 0.2) is 0 Å². The van der Waals surface area contributed by atoms with E-state index in [2.05, 4.69) is 5.18 Å². The number of aliphatic carboxylic acids is 1. The van der Waals surface area contributed by atoms with Crippen molar-refractivity contribution in [3.63, 3.8) is 0 Å². The summed E-state index contributed by atoms with van der Waals surface area (Å²) in [7, 11) is 0. The van der Waals surface area contributed by atoms with Gasteiger partial charge in [-0.1, -0.05) is 30.3 Å². The maximum atomic E-state index is 10.9. The number of carboxylic acids is 1. The van der Waals surface area contributed by atoms with Gasteiger partial charge in [0.1, 0.15) is 5.92 Å². The van der Waals surface area contributed by atoms with E-state index in [0.717, 1.165) is 0 Å². The van der Waals surface area contributed by atoms with Gasteiger partial charge in [-0.05, 0) is 12.0 Å². The van der Waals surface area contributed by atoms with Crippen LogP contribution in [-0.2, 0) is 16.0 Å². The number of benzene rings is 1. The number of rotatable bonds is 4. The molecule has 0 radical (unpaired) electrons. The second-order valence-electron chi connectivity index (χ2n) is 3.01. The van der Waals surface area contributed by atoms with E-state index in [1.54, 1.807) is 30.3 Å². The lowest BCUT2D eigenvalue weighted by atomic mass is 9.99. The minimum absolute atomic E-state index is 0.0131. The lowest BCUT2D eigenvalue weighted by Crippen LogP contribution is -2.24. The molecule has 5 heteroatoms. The topological polar surface area (TPSA) is 83.8 Å². The molecule has 0 spiro atoms. The van der Waals surface area contributed by atoms with Crippen LogP contribution in [0.15, 0.2) is 35.5 Å². The number of hydrogen-bond acceptors (Lipinski definition) is 3.